The summed E-state index contributed by atoms with van der Waals surface area (Å²) in [7, 11) is 0. The zero-order valence-electron chi connectivity index (χ0n) is 11.9. The summed E-state index contributed by atoms with van der Waals surface area (Å²) in [5.41, 5.74) is 2.26. The molecule has 0 saturated heterocycles. The van der Waals surface area contributed by atoms with Crippen LogP contribution in [0.1, 0.15) is 18.1 Å². The summed E-state index contributed by atoms with van der Waals surface area (Å²) < 4.78 is 15.5. The Kier molecular flexibility index (Phi) is 6.40. The van der Waals surface area contributed by atoms with E-state index in [4.69, 9.17) is 0 Å². The smallest absolute Gasteiger partial charge is 0.123 e. The summed E-state index contributed by atoms with van der Waals surface area (Å²) in [6.45, 7) is 2.99. The van der Waals surface area contributed by atoms with Crippen molar-refractivity contribution in [3.8, 4) is 0 Å². The third-order valence-electron chi connectivity index (χ3n) is 3.34. The lowest BCUT2D eigenvalue weighted by Crippen LogP contribution is -2.33. The average Bonchev–Trinajstić information content (AvgIpc) is 2.43. The molecule has 2 rings (SSSR count). The molecule has 0 aliphatic rings. The van der Waals surface area contributed by atoms with E-state index in [-0.39, 0.29) is 11.9 Å². The molecule has 1 nitrogen and oxygen atoms in total. The number of rotatable bonds is 6. The molecule has 2 aromatic rings. The molecule has 0 aliphatic heterocycles. The van der Waals surface area contributed by atoms with Crippen molar-refractivity contribution in [3.05, 3.63) is 68.4 Å². The van der Waals surface area contributed by atoms with Crippen LogP contribution in [0.3, 0.4) is 0 Å². The van der Waals surface area contributed by atoms with Crippen LogP contribution in [0.25, 0.3) is 0 Å². The van der Waals surface area contributed by atoms with E-state index in [1.54, 1.807) is 12.1 Å². The van der Waals surface area contributed by atoms with Crippen molar-refractivity contribution in [2.24, 2.45) is 0 Å². The summed E-state index contributed by atoms with van der Waals surface area (Å²) in [4.78, 5) is 0. The molecule has 0 amide bonds. The summed E-state index contributed by atoms with van der Waals surface area (Å²) in [6, 6.07) is 13.4. The lowest BCUT2D eigenvalue weighted by Gasteiger charge is -2.19. The molecular weight excluding hydrogens is 397 g/mol. The third-order valence-corrected chi connectivity index (χ3v) is 4.60. The first-order valence-corrected chi connectivity index (χ1v) is 8.59. The minimum absolute atomic E-state index is 0.189. The second-order valence-corrected chi connectivity index (χ2v) is 6.80. The van der Waals surface area contributed by atoms with Crippen LogP contribution >= 0.6 is 31.9 Å². The fraction of sp³-hybridized carbons (Fsp3) is 0.294. The van der Waals surface area contributed by atoms with Crippen LogP contribution in [0.4, 0.5) is 4.39 Å². The van der Waals surface area contributed by atoms with Gasteiger partial charge in [0.15, 0.2) is 0 Å². The van der Waals surface area contributed by atoms with Crippen molar-refractivity contribution in [2.75, 3.05) is 6.54 Å². The maximum absolute atomic E-state index is 13.4. The summed E-state index contributed by atoms with van der Waals surface area (Å²) in [5, 5.41) is 3.49. The summed E-state index contributed by atoms with van der Waals surface area (Å²) in [5.74, 6) is -0.189. The van der Waals surface area contributed by atoms with Crippen LogP contribution in [0.15, 0.2) is 51.4 Å². The molecule has 0 saturated carbocycles. The van der Waals surface area contributed by atoms with Gasteiger partial charge in [0.2, 0.25) is 0 Å². The van der Waals surface area contributed by atoms with Gasteiger partial charge in [-0.3, -0.25) is 0 Å². The Morgan fingerprint density at radius 2 is 1.90 bits per heavy atom. The fourth-order valence-corrected chi connectivity index (χ4v) is 3.27. The van der Waals surface area contributed by atoms with Crippen molar-refractivity contribution in [3.63, 3.8) is 0 Å². The van der Waals surface area contributed by atoms with E-state index in [1.165, 1.54) is 11.6 Å². The number of likely N-dealkylation sites (N-methyl/N-ethyl adjacent to an activating group) is 1. The van der Waals surface area contributed by atoms with E-state index in [1.807, 2.05) is 12.1 Å². The maximum Gasteiger partial charge on any atom is 0.123 e. The van der Waals surface area contributed by atoms with E-state index in [9.17, 15) is 4.39 Å². The normalized spacial score (nSPS) is 12.4. The topological polar surface area (TPSA) is 12.0 Å². The van der Waals surface area contributed by atoms with Crippen LogP contribution in [0.5, 0.6) is 0 Å². The minimum Gasteiger partial charge on any atom is -0.314 e. The molecule has 2 aromatic carbocycles. The molecule has 0 spiro atoms. The lowest BCUT2D eigenvalue weighted by atomic mass is 9.99. The zero-order chi connectivity index (χ0) is 15.2. The first-order valence-electron chi connectivity index (χ1n) is 7.00. The monoisotopic (exact) mass is 413 g/mol. The maximum atomic E-state index is 13.4. The van der Waals surface area contributed by atoms with Crippen molar-refractivity contribution < 1.29 is 4.39 Å². The Hall–Kier alpha value is -0.710. The van der Waals surface area contributed by atoms with E-state index in [0.717, 1.165) is 33.9 Å². The van der Waals surface area contributed by atoms with Gasteiger partial charge in [-0.25, -0.2) is 4.39 Å². The molecule has 0 bridgehead atoms. The van der Waals surface area contributed by atoms with Crippen molar-refractivity contribution in [2.45, 2.75) is 25.8 Å². The van der Waals surface area contributed by atoms with Gasteiger partial charge >= 0.3 is 0 Å². The highest BCUT2D eigenvalue weighted by Gasteiger charge is 2.12. The Morgan fingerprint density at radius 3 is 2.62 bits per heavy atom. The molecule has 112 valence electrons. The molecule has 4 heteroatoms. The first kappa shape index (κ1) is 16.7. The second kappa shape index (κ2) is 8.06. The first-order chi connectivity index (χ1) is 10.1. The summed E-state index contributed by atoms with van der Waals surface area (Å²) >= 11 is 7.01. The third kappa shape index (κ3) is 5.20. The van der Waals surface area contributed by atoms with Crippen LogP contribution in [-0.2, 0) is 12.8 Å². The molecular formula is C17H18Br2FN. The predicted molar refractivity (Wildman–Crippen MR) is 93.1 cm³/mol. The number of halogens is 3. The number of benzene rings is 2. The quantitative estimate of drug-likeness (QED) is 0.692. The van der Waals surface area contributed by atoms with Crippen molar-refractivity contribution in [1.29, 1.82) is 0 Å². The fourth-order valence-electron chi connectivity index (χ4n) is 2.42. The molecule has 1 N–H and O–H groups in total. The highest BCUT2D eigenvalue weighted by atomic mass is 79.9. The van der Waals surface area contributed by atoms with Gasteiger partial charge in [0.1, 0.15) is 5.82 Å². The Bertz CT molecular complexity index is 601. The van der Waals surface area contributed by atoms with E-state index >= 15 is 0 Å². The molecule has 21 heavy (non-hydrogen) atoms. The molecule has 0 fully saturated rings. The van der Waals surface area contributed by atoms with Crippen LogP contribution in [0.2, 0.25) is 0 Å². The van der Waals surface area contributed by atoms with Gasteiger partial charge in [-0.15, -0.1) is 0 Å². The molecule has 0 radical (unpaired) electrons. The van der Waals surface area contributed by atoms with Crippen LogP contribution < -0.4 is 5.32 Å². The molecule has 1 atom stereocenters. The van der Waals surface area contributed by atoms with Gasteiger partial charge in [-0.1, -0.05) is 50.9 Å². The summed E-state index contributed by atoms with van der Waals surface area (Å²) in [6.07, 6.45) is 1.70. The molecule has 0 aliphatic carbocycles. The average molecular weight is 415 g/mol. The Labute approximate surface area is 142 Å². The van der Waals surface area contributed by atoms with Crippen LogP contribution in [-0.4, -0.2) is 12.6 Å². The highest BCUT2D eigenvalue weighted by molar-refractivity contribution is 9.10. The number of hydrogen-bond donors (Lipinski definition) is 1. The van der Waals surface area contributed by atoms with Crippen molar-refractivity contribution in [1.82, 2.24) is 5.32 Å². The van der Waals surface area contributed by atoms with Crippen molar-refractivity contribution >= 4 is 31.9 Å². The lowest BCUT2D eigenvalue weighted by molar-refractivity contribution is 0.518. The van der Waals surface area contributed by atoms with Gasteiger partial charge in [-0.05, 0) is 60.8 Å². The van der Waals surface area contributed by atoms with Gasteiger partial charge in [0, 0.05) is 15.0 Å². The SMILES string of the molecule is CCNC(Cc1cccc(Br)c1)Cc1cc(F)ccc1Br. The number of nitrogens with one attached hydrogen (secondary N) is 1. The van der Waals surface area contributed by atoms with Gasteiger partial charge in [-0.2, -0.15) is 0 Å². The highest BCUT2D eigenvalue weighted by Crippen LogP contribution is 2.21. The zero-order valence-corrected chi connectivity index (χ0v) is 15.0. The Morgan fingerprint density at radius 1 is 1.10 bits per heavy atom. The van der Waals surface area contributed by atoms with Gasteiger partial charge < -0.3 is 5.32 Å². The largest absolute Gasteiger partial charge is 0.314 e. The Balaban J connectivity index is 2.13. The van der Waals surface area contributed by atoms with E-state index in [0.29, 0.717) is 0 Å². The van der Waals surface area contributed by atoms with Gasteiger partial charge in [0.25, 0.3) is 0 Å². The van der Waals surface area contributed by atoms with Gasteiger partial charge in [0.05, 0.1) is 0 Å². The second-order valence-electron chi connectivity index (χ2n) is 5.03. The minimum atomic E-state index is -0.189. The molecule has 1 unspecified atom stereocenters. The molecule has 0 aromatic heterocycles. The predicted octanol–water partition coefficient (Wildman–Crippen LogP) is 5.11. The molecule has 0 heterocycles. The van der Waals surface area contributed by atoms with E-state index in [2.05, 4.69) is 56.2 Å². The van der Waals surface area contributed by atoms with Crippen LogP contribution in [0, 0.1) is 5.82 Å². The number of hydrogen-bond acceptors (Lipinski definition) is 1. The van der Waals surface area contributed by atoms with E-state index < -0.39 is 0 Å². The standard InChI is InChI=1S/C17H18Br2FN/c1-2-21-16(9-12-4-3-5-14(18)8-12)11-13-10-15(20)6-7-17(13)19/h3-8,10,16,21H,2,9,11H2,1H3.